The molecule has 2 N–H and O–H groups in total. The minimum atomic E-state index is -0.141. The lowest BCUT2D eigenvalue weighted by atomic mass is 9.92. The quantitative estimate of drug-likeness (QED) is 0.586. The molecular weight excluding hydrogens is 171 g/mol. The number of hydrazine groups is 1. The van der Waals surface area contributed by atoms with Crippen molar-refractivity contribution in [2.24, 2.45) is 5.92 Å². The number of allylic oxidation sites excluding steroid dienone is 2. The molecule has 0 amide bonds. The van der Waals surface area contributed by atoms with Crippen molar-refractivity contribution >= 4 is 0 Å². The number of ether oxygens (including phenoxy) is 1. The van der Waals surface area contributed by atoms with Crippen LogP contribution in [-0.2, 0) is 4.74 Å². The van der Waals surface area contributed by atoms with E-state index in [-0.39, 0.29) is 17.8 Å². The normalized spacial score (nSPS) is 34.3. The Morgan fingerprint density at radius 3 is 3.23 bits per heavy atom. The third kappa shape index (κ3) is 1.80. The average molecular weight is 184 g/mol. The Hall–Kier alpha value is -0.710. The summed E-state index contributed by atoms with van der Waals surface area (Å²) in [5.41, 5.74) is 6.57. The number of hydrogen-bond acceptors (Lipinski definition) is 3. The molecule has 2 atom stereocenters. The van der Waals surface area contributed by atoms with Crippen LogP contribution in [-0.4, -0.2) is 19.4 Å². The lowest BCUT2D eigenvalue weighted by Gasteiger charge is -2.23. The van der Waals surface area contributed by atoms with Crippen LogP contribution in [0.1, 0.15) is 6.92 Å². The topological polar surface area (TPSA) is 33.3 Å². The van der Waals surface area contributed by atoms with E-state index in [2.05, 4.69) is 10.9 Å². The number of nitrogens with one attached hydrogen (secondary N) is 2. The van der Waals surface area contributed by atoms with Crippen LogP contribution < -0.4 is 10.9 Å². The van der Waals surface area contributed by atoms with Gasteiger partial charge in [0.05, 0.1) is 12.6 Å². The molecule has 1 fully saturated rings. The van der Waals surface area contributed by atoms with Crippen molar-refractivity contribution in [1.29, 1.82) is 0 Å². The summed E-state index contributed by atoms with van der Waals surface area (Å²) in [6, 6.07) is 0.00574. The van der Waals surface area contributed by atoms with Crippen LogP contribution >= 0.6 is 0 Å². The summed E-state index contributed by atoms with van der Waals surface area (Å²) in [6.07, 6.45) is 3.52. The monoisotopic (exact) mass is 184 g/mol. The molecule has 2 rings (SSSR count). The average Bonchev–Trinajstić information content (AvgIpc) is 2.31. The van der Waals surface area contributed by atoms with Crippen molar-refractivity contribution in [3.05, 3.63) is 23.6 Å². The van der Waals surface area contributed by atoms with Crippen LogP contribution in [0.25, 0.3) is 0 Å². The van der Waals surface area contributed by atoms with Gasteiger partial charge in [0.2, 0.25) is 0 Å². The summed E-state index contributed by atoms with van der Waals surface area (Å²) in [5.74, 6) is 0.0898. The highest BCUT2D eigenvalue weighted by Crippen LogP contribution is 2.24. The SMILES string of the molecule is CC1=CC2COCNNC2C=C1F. The molecule has 72 valence electrons. The fourth-order valence-electron chi connectivity index (χ4n) is 1.62. The van der Waals surface area contributed by atoms with Crippen LogP contribution in [0.4, 0.5) is 4.39 Å². The molecule has 0 radical (unpaired) electrons. The molecule has 0 aromatic heterocycles. The maximum Gasteiger partial charge on any atom is 0.123 e. The molecule has 0 aromatic carbocycles. The standard InChI is InChI=1S/C9H13FN2O/c1-6-2-7-4-13-5-11-12-9(7)3-8(6)10/h2-3,7,9,11-12H,4-5H2,1H3. The Morgan fingerprint density at radius 1 is 1.54 bits per heavy atom. The maximum absolute atomic E-state index is 13.2. The highest BCUT2D eigenvalue weighted by Gasteiger charge is 2.25. The highest BCUT2D eigenvalue weighted by atomic mass is 19.1. The van der Waals surface area contributed by atoms with E-state index >= 15 is 0 Å². The molecule has 1 aliphatic heterocycles. The minimum Gasteiger partial charge on any atom is -0.364 e. The van der Waals surface area contributed by atoms with Gasteiger partial charge in [0.15, 0.2) is 0 Å². The van der Waals surface area contributed by atoms with E-state index in [4.69, 9.17) is 4.74 Å². The van der Waals surface area contributed by atoms with Crippen LogP contribution in [0.3, 0.4) is 0 Å². The van der Waals surface area contributed by atoms with Crippen LogP contribution in [0.15, 0.2) is 23.6 Å². The lowest BCUT2D eigenvalue weighted by molar-refractivity contribution is 0.114. The van der Waals surface area contributed by atoms with Gasteiger partial charge in [-0.2, -0.15) is 0 Å². The molecule has 0 bridgehead atoms. The first-order chi connectivity index (χ1) is 6.27. The molecule has 1 heterocycles. The van der Waals surface area contributed by atoms with Gasteiger partial charge in [-0.3, -0.25) is 0 Å². The van der Waals surface area contributed by atoms with Crippen molar-refractivity contribution in [1.82, 2.24) is 10.9 Å². The Bertz CT molecular complexity index is 236. The summed E-state index contributed by atoms with van der Waals surface area (Å²) in [6.45, 7) is 2.88. The fraction of sp³-hybridized carbons (Fsp3) is 0.556. The number of rotatable bonds is 0. The minimum absolute atomic E-state index is 0.00574. The summed E-state index contributed by atoms with van der Waals surface area (Å²) in [7, 11) is 0. The zero-order valence-corrected chi connectivity index (χ0v) is 7.51. The predicted molar refractivity (Wildman–Crippen MR) is 47.3 cm³/mol. The van der Waals surface area contributed by atoms with E-state index in [9.17, 15) is 4.39 Å². The molecular formula is C9H13FN2O. The Kier molecular flexibility index (Phi) is 2.44. The van der Waals surface area contributed by atoms with Gasteiger partial charge in [0.25, 0.3) is 0 Å². The van der Waals surface area contributed by atoms with Gasteiger partial charge in [0, 0.05) is 5.92 Å². The lowest BCUT2D eigenvalue weighted by Crippen LogP contribution is -2.42. The van der Waals surface area contributed by atoms with Crippen molar-refractivity contribution in [3.63, 3.8) is 0 Å². The molecule has 1 saturated heterocycles. The van der Waals surface area contributed by atoms with Crippen LogP contribution in [0.5, 0.6) is 0 Å². The van der Waals surface area contributed by atoms with E-state index in [0.29, 0.717) is 18.9 Å². The zero-order valence-electron chi connectivity index (χ0n) is 7.51. The van der Waals surface area contributed by atoms with Gasteiger partial charge >= 0.3 is 0 Å². The van der Waals surface area contributed by atoms with Crippen molar-refractivity contribution in [3.8, 4) is 0 Å². The summed E-state index contributed by atoms with van der Waals surface area (Å²) in [4.78, 5) is 0. The van der Waals surface area contributed by atoms with Crippen molar-refractivity contribution in [2.45, 2.75) is 13.0 Å². The molecule has 0 aromatic rings. The second-order valence-corrected chi connectivity index (χ2v) is 3.39. The first-order valence-electron chi connectivity index (χ1n) is 4.39. The second kappa shape index (κ2) is 3.57. The van der Waals surface area contributed by atoms with Crippen molar-refractivity contribution < 1.29 is 9.13 Å². The van der Waals surface area contributed by atoms with Gasteiger partial charge < -0.3 is 4.74 Å². The molecule has 0 saturated carbocycles. The number of hydrogen-bond donors (Lipinski definition) is 2. The largest absolute Gasteiger partial charge is 0.364 e. The van der Waals surface area contributed by atoms with Crippen LogP contribution in [0.2, 0.25) is 0 Å². The van der Waals surface area contributed by atoms with Gasteiger partial charge in [-0.15, -0.1) is 0 Å². The second-order valence-electron chi connectivity index (χ2n) is 3.39. The Morgan fingerprint density at radius 2 is 2.38 bits per heavy atom. The third-order valence-electron chi connectivity index (χ3n) is 2.38. The molecule has 0 spiro atoms. The fourth-order valence-corrected chi connectivity index (χ4v) is 1.62. The molecule has 4 heteroatoms. The summed E-state index contributed by atoms with van der Waals surface area (Å²) in [5, 5.41) is 0. The van der Waals surface area contributed by atoms with E-state index in [1.54, 1.807) is 13.0 Å². The first-order valence-corrected chi connectivity index (χ1v) is 4.39. The zero-order chi connectivity index (χ0) is 9.26. The van der Waals surface area contributed by atoms with E-state index < -0.39 is 0 Å². The van der Waals surface area contributed by atoms with Gasteiger partial charge in [0.1, 0.15) is 12.6 Å². The summed E-state index contributed by atoms with van der Waals surface area (Å²) < 4.78 is 18.4. The molecule has 13 heavy (non-hydrogen) atoms. The maximum atomic E-state index is 13.2. The van der Waals surface area contributed by atoms with E-state index in [1.165, 1.54) is 0 Å². The van der Waals surface area contributed by atoms with Gasteiger partial charge in [-0.1, -0.05) is 6.08 Å². The Labute approximate surface area is 76.6 Å². The van der Waals surface area contributed by atoms with Gasteiger partial charge in [-0.05, 0) is 18.6 Å². The molecule has 1 aliphatic carbocycles. The smallest absolute Gasteiger partial charge is 0.123 e. The summed E-state index contributed by atoms with van der Waals surface area (Å²) >= 11 is 0. The van der Waals surface area contributed by atoms with E-state index in [1.807, 2.05) is 6.08 Å². The number of halogens is 1. The molecule has 2 aliphatic rings. The number of fused-ring (bicyclic) bond motifs is 1. The van der Waals surface area contributed by atoms with E-state index in [0.717, 1.165) is 0 Å². The highest BCUT2D eigenvalue weighted by molar-refractivity contribution is 5.31. The molecule has 3 nitrogen and oxygen atoms in total. The van der Waals surface area contributed by atoms with Crippen molar-refractivity contribution in [2.75, 3.05) is 13.3 Å². The third-order valence-corrected chi connectivity index (χ3v) is 2.38. The Balaban J connectivity index is 2.18. The predicted octanol–water partition coefficient (Wildman–Crippen LogP) is 0.866. The van der Waals surface area contributed by atoms with Crippen LogP contribution in [0, 0.1) is 5.92 Å². The van der Waals surface area contributed by atoms with Gasteiger partial charge in [-0.25, -0.2) is 15.2 Å². The first kappa shape index (κ1) is 8.87. The molecule has 2 unspecified atom stereocenters.